The van der Waals surface area contributed by atoms with Gasteiger partial charge in [0.15, 0.2) is 0 Å². The largest absolute Gasteiger partial charge is 0.477 e. The van der Waals surface area contributed by atoms with E-state index in [-0.39, 0.29) is 11.9 Å². The van der Waals surface area contributed by atoms with Crippen LogP contribution in [0.4, 0.5) is 0 Å². The summed E-state index contributed by atoms with van der Waals surface area (Å²) >= 11 is 0. The van der Waals surface area contributed by atoms with Crippen molar-refractivity contribution in [2.24, 2.45) is 5.92 Å². The Kier molecular flexibility index (Phi) is 5.37. The summed E-state index contributed by atoms with van der Waals surface area (Å²) in [5.74, 6) is 1.46. The van der Waals surface area contributed by atoms with Gasteiger partial charge in [0.1, 0.15) is 0 Å². The highest BCUT2D eigenvalue weighted by Gasteiger charge is 2.35. The number of carbonyl (C=O) groups excluding carboxylic acids is 1. The molecule has 3 rings (SSSR count). The normalized spacial score (nSPS) is 20.1. The highest BCUT2D eigenvalue weighted by atomic mass is 16.5. The number of benzene rings is 1. The Morgan fingerprint density at radius 2 is 2.00 bits per heavy atom. The Hall–Kier alpha value is -2.36. The SMILES string of the molecule is CC(C)COc1ccc(C(=O)N2CC[C@H](c3ccccc3)[C@@H]2C)cn1. The first-order valence-corrected chi connectivity index (χ1v) is 9.01. The van der Waals surface area contributed by atoms with Gasteiger partial charge in [-0.15, -0.1) is 0 Å². The minimum absolute atomic E-state index is 0.0499. The second-order valence-corrected chi connectivity index (χ2v) is 7.13. The summed E-state index contributed by atoms with van der Waals surface area (Å²) in [5.41, 5.74) is 1.93. The zero-order valence-electron chi connectivity index (χ0n) is 15.2. The van der Waals surface area contributed by atoms with Crippen LogP contribution < -0.4 is 4.74 Å². The first kappa shape index (κ1) is 17.5. The van der Waals surface area contributed by atoms with E-state index in [1.807, 2.05) is 17.0 Å². The molecule has 1 aromatic heterocycles. The molecule has 1 saturated heterocycles. The maximum atomic E-state index is 12.9. The summed E-state index contributed by atoms with van der Waals surface area (Å²) in [6.45, 7) is 7.73. The van der Waals surface area contributed by atoms with Crippen LogP contribution in [0, 0.1) is 5.92 Å². The van der Waals surface area contributed by atoms with E-state index in [1.54, 1.807) is 12.3 Å². The predicted octanol–water partition coefficient (Wildman–Crippen LogP) is 4.13. The van der Waals surface area contributed by atoms with Gasteiger partial charge in [0.2, 0.25) is 5.88 Å². The lowest BCUT2D eigenvalue weighted by Crippen LogP contribution is -2.35. The van der Waals surface area contributed by atoms with Crippen LogP contribution in [0.5, 0.6) is 5.88 Å². The standard InChI is InChI=1S/C21H26N2O2/c1-15(2)14-25-20-10-9-18(13-22-20)21(24)23-12-11-19(16(23)3)17-7-5-4-6-8-17/h4-10,13,15-16,19H,11-12,14H2,1-3H3/t16-,19-/m0/s1. The zero-order chi connectivity index (χ0) is 17.8. The molecule has 0 N–H and O–H groups in total. The lowest BCUT2D eigenvalue weighted by Gasteiger charge is -2.25. The number of carbonyl (C=O) groups is 1. The van der Waals surface area contributed by atoms with Gasteiger partial charge in [-0.2, -0.15) is 0 Å². The van der Waals surface area contributed by atoms with E-state index < -0.39 is 0 Å². The summed E-state index contributed by atoms with van der Waals surface area (Å²) in [7, 11) is 0. The van der Waals surface area contributed by atoms with Gasteiger partial charge in [-0.25, -0.2) is 4.98 Å². The number of nitrogens with zero attached hydrogens (tertiary/aromatic N) is 2. The molecule has 1 aromatic carbocycles. The monoisotopic (exact) mass is 338 g/mol. The van der Waals surface area contributed by atoms with Crippen LogP contribution in [0.2, 0.25) is 0 Å². The van der Waals surface area contributed by atoms with Crippen molar-refractivity contribution in [2.45, 2.75) is 39.2 Å². The van der Waals surface area contributed by atoms with Gasteiger partial charge in [0, 0.05) is 30.8 Å². The molecular weight excluding hydrogens is 312 g/mol. The van der Waals surface area contributed by atoms with Crippen LogP contribution in [0.1, 0.15) is 49.0 Å². The van der Waals surface area contributed by atoms with Crippen LogP contribution in [0.25, 0.3) is 0 Å². The summed E-state index contributed by atoms with van der Waals surface area (Å²) in [4.78, 5) is 19.1. The number of pyridine rings is 1. The molecule has 0 spiro atoms. The smallest absolute Gasteiger partial charge is 0.255 e. The molecule has 0 bridgehead atoms. The predicted molar refractivity (Wildman–Crippen MR) is 98.9 cm³/mol. The number of rotatable bonds is 5. The fourth-order valence-corrected chi connectivity index (χ4v) is 3.38. The van der Waals surface area contributed by atoms with E-state index in [9.17, 15) is 4.79 Å². The highest BCUT2D eigenvalue weighted by molar-refractivity contribution is 5.94. The van der Waals surface area contributed by atoms with Crippen LogP contribution in [-0.4, -0.2) is 35.0 Å². The minimum atomic E-state index is 0.0499. The van der Waals surface area contributed by atoms with Gasteiger partial charge in [-0.3, -0.25) is 4.79 Å². The fraction of sp³-hybridized carbons (Fsp3) is 0.429. The number of hydrogen-bond donors (Lipinski definition) is 0. The van der Waals surface area contributed by atoms with E-state index in [4.69, 9.17) is 4.74 Å². The Labute approximate surface area is 149 Å². The molecule has 2 atom stereocenters. The topological polar surface area (TPSA) is 42.4 Å². The van der Waals surface area contributed by atoms with E-state index in [0.717, 1.165) is 13.0 Å². The summed E-state index contributed by atoms with van der Waals surface area (Å²) < 4.78 is 5.59. The van der Waals surface area contributed by atoms with Gasteiger partial charge in [0.25, 0.3) is 5.91 Å². The molecule has 1 aliphatic heterocycles. The molecule has 4 heteroatoms. The van der Waals surface area contributed by atoms with Crippen molar-refractivity contribution < 1.29 is 9.53 Å². The zero-order valence-corrected chi connectivity index (χ0v) is 15.2. The van der Waals surface area contributed by atoms with Gasteiger partial charge in [0.05, 0.1) is 12.2 Å². The van der Waals surface area contributed by atoms with Crippen molar-refractivity contribution in [3.8, 4) is 5.88 Å². The average molecular weight is 338 g/mol. The maximum absolute atomic E-state index is 12.9. The summed E-state index contributed by atoms with van der Waals surface area (Å²) in [5, 5.41) is 0. The molecular formula is C21H26N2O2. The number of ether oxygens (including phenoxy) is 1. The first-order chi connectivity index (χ1) is 12.1. The number of amides is 1. The van der Waals surface area contributed by atoms with Gasteiger partial charge in [-0.05, 0) is 30.9 Å². The summed E-state index contributed by atoms with van der Waals surface area (Å²) in [6.07, 6.45) is 2.63. The quantitative estimate of drug-likeness (QED) is 0.823. The molecule has 132 valence electrons. The van der Waals surface area contributed by atoms with E-state index in [1.165, 1.54) is 5.56 Å². The number of aromatic nitrogens is 1. The molecule has 25 heavy (non-hydrogen) atoms. The van der Waals surface area contributed by atoms with Crippen LogP contribution in [-0.2, 0) is 0 Å². The van der Waals surface area contributed by atoms with Crippen LogP contribution in [0.3, 0.4) is 0 Å². The Balaban J connectivity index is 1.67. The van der Waals surface area contributed by atoms with E-state index >= 15 is 0 Å². The average Bonchev–Trinajstić information content (AvgIpc) is 3.02. The molecule has 4 nitrogen and oxygen atoms in total. The molecule has 0 aliphatic carbocycles. The van der Waals surface area contributed by atoms with Crippen LogP contribution >= 0.6 is 0 Å². The van der Waals surface area contributed by atoms with Crippen molar-refractivity contribution >= 4 is 5.91 Å². The molecule has 0 unspecified atom stereocenters. The Morgan fingerprint density at radius 3 is 2.64 bits per heavy atom. The van der Waals surface area contributed by atoms with Crippen LogP contribution in [0.15, 0.2) is 48.7 Å². The molecule has 1 fully saturated rings. The third-order valence-electron chi connectivity index (χ3n) is 4.79. The molecule has 0 radical (unpaired) electrons. The fourth-order valence-electron chi connectivity index (χ4n) is 3.38. The van der Waals surface area contributed by atoms with Crippen molar-refractivity contribution in [2.75, 3.05) is 13.2 Å². The third kappa shape index (κ3) is 4.01. The molecule has 1 aliphatic rings. The van der Waals surface area contributed by atoms with E-state index in [0.29, 0.717) is 29.9 Å². The second kappa shape index (κ2) is 7.68. The summed E-state index contributed by atoms with van der Waals surface area (Å²) in [6, 6.07) is 14.2. The lowest BCUT2D eigenvalue weighted by atomic mass is 9.93. The maximum Gasteiger partial charge on any atom is 0.255 e. The van der Waals surface area contributed by atoms with Gasteiger partial charge in [-0.1, -0.05) is 44.2 Å². The number of likely N-dealkylation sites (tertiary alicyclic amines) is 1. The number of hydrogen-bond acceptors (Lipinski definition) is 3. The van der Waals surface area contributed by atoms with Crippen molar-refractivity contribution in [3.63, 3.8) is 0 Å². The van der Waals surface area contributed by atoms with Gasteiger partial charge >= 0.3 is 0 Å². The third-order valence-corrected chi connectivity index (χ3v) is 4.79. The van der Waals surface area contributed by atoms with E-state index in [2.05, 4.69) is 50.0 Å². The Bertz CT molecular complexity index is 698. The lowest BCUT2D eigenvalue weighted by molar-refractivity contribution is 0.0741. The Morgan fingerprint density at radius 1 is 1.24 bits per heavy atom. The first-order valence-electron chi connectivity index (χ1n) is 9.01. The minimum Gasteiger partial charge on any atom is -0.477 e. The molecule has 2 heterocycles. The molecule has 1 amide bonds. The molecule has 2 aromatic rings. The van der Waals surface area contributed by atoms with Crippen molar-refractivity contribution in [3.05, 3.63) is 59.8 Å². The second-order valence-electron chi connectivity index (χ2n) is 7.13. The van der Waals surface area contributed by atoms with Crippen molar-refractivity contribution in [1.82, 2.24) is 9.88 Å². The molecule has 0 saturated carbocycles. The van der Waals surface area contributed by atoms with Gasteiger partial charge < -0.3 is 9.64 Å². The van der Waals surface area contributed by atoms with Crippen molar-refractivity contribution in [1.29, 1.82) is 0 Å². The highest BCUT2D eigenvalue weighted by Crippen LogP contribution is 2.34.